The summed E-state index contributed by atoms with van der Waals surface area (Å²) in [7, 11) is 0. The van der Waals surface area contributed by atoms with Crippen LogP contribution in [0.3, 0.4) is 0 Å². The molecule has 0 unspecified atom stereocenters. The van der Waals surface area contributed by atoms with Gasteiger partial charge in [-0.2, -0.15) is 0 Å². The minimum atomic E-state index is -0.487. The average molecular weight is 443 g/mol. The molecule has 31 heavy (non-hydrogen) atoms. The number of likely N-dealkylation sites (tertiary alicyclic amines) is 1. The summed E-state index contributed by atoms with van der Waals surface area (Å²) in [5.41, 5.74) is -1.20. The second-order valence-corrected chi connectivity index (χ2v) is 9.78. The first kappa shape index (κ1) is 27.2. The Balaban J connectivity index is 0.000000343. The van der Waals surface area contributed by atoms with Crippen molar-refractivity contribution in [3.8, 4) is 0 Å². The number of esters is 2. The zero-order valence-electron chi connectivity index (χ0n) is 20.5. The van der Waals surface area contributed by atoms with Crippen molar-refractivity contribution in [1.29, 1.82) is 0 Å². The third-order valence-electron chi connectivity index (χ3n) is 5.76. The highest BCUT2D eigenvalue weighted by Gasteiger charge is 2.40. The van der Waals surface area contributed by atoms with E-state index in [4.69, 9.17) is 14.2 Å². The van der Waals surface area contributed by atoms with Crippen LogP contribution in [0.15, 0.2) is 0 Å². The van der Waals surface area contributed by atoms with Crippen LogP contribution in [0.4, 0.5) is 4.79 Å². The molecule has 0 atom stereocenters. The monoisotopic (exact) mass is 442 g/mol. The summed E-state index contributed by atoms with van der Waals surface area (Å²) in [5.74, 6) is -0.203. The Morgan fingerprint density at radius 3 is 1.65 bits per heavy atom. The summed E-state index contributed by atoms with van der Waals surface area (Å²) in [6.07, 6.45) is 2.71. The van der Waals surface area contributed by atoms with Gasteiger partial charge in [-0.05, 0) is 87.2 Å². The Bertz CT molecular complexity index is 600. The van der Waals surface area contributed by atoms with Crippen LogP contribution >= 0.6 is 0 Å². The number of piperidine rings is 2. The number of nitrogens with one attached hydrogen (secondary N) is 1. The molecule has 2 heterocycles. The molecule has 0 aromatic rings. The molecule has 8 heteroatoms. The van der Waals surface area contributed by atoms with Crippen LogP contribution in [-0.2, 0) is 23.8 Å². The van der Waals surface area contributed by atoms with Gasteiger partial charge in [-0.15, -0.1) is 0 Å². The second-order valence-electron chi connectivity index (χ2n) is 9.78. The molecule has 2 fully saturated rings. The maximum Gasteiger partial charge on any atom is 0.410 e. The van der Waals surface area contributed by atoms with Crippen molar-refractivity contribution in [3.05, 3.63) is 0 Å². The van der Waals surface area contributed by atoms with Gasteiger partial charge in [0, 0.05) is 13.1 Å². The lowest BCUT2D eigenvalue weighted by Crippen LogP contribution is -2.47. The number of hydrogen-bond acceptors (Lipinski definition) is 7. The Labute approximate surface area is 187 Å². The molecular formula is C23H42N2O6. The molecular weight excluding hydrogens is 400 g/mol. The Hall–Kier alpha value is -1.83. The number of carbonyl (C=O) groups is 3. The van der Waals surface area contributed by atoms with Crippen LogP contribution in [0, 0.1) is 10.8 Å². The quantitative estimate of drug-likeness (QED) is 0.526. The smallest absolute Gasteiger partial charge is 0.410 e. The van der Waals surface area contributed by atoms with Gasteiger partial charge in [-0.3, -0.25) is 9.59 Å². The molecule has 8 nitrogen and oxygen atoms in total. The maximum absolute atomic E-state index is 11.9. The van der Waals surface area contributed by atoms with Gasteiger partial charge in [-0.25, -0.2) is 4.79 Å². The normalized spacial score (nSPS) is 20.0. The number of ether oxygens (including phenoxy) is 3. The molecule has 0 aromatic heterocycles. The van der Waals surface area contributed by atoms with E-state index in [2.05, 4.69) is 5.32 Å². The number of nitrogens with zero attached hydrogens (tertiary/aromatic N) is 1. The fourth-order valence-electron chi connectivity index (χ4n) is 3.51. The molecule has 2 rings (SSSR count). The second kappa shape index (κ2) is 11.7. The van der Waals surface area contributed by atoms with Crippen LogP contribution in [0.2, 0.25) is 0 Å². The molecule has 0 bridgehead atoms. The van der Waals surface area contributed by atoms with E-state index >= 15 is 0 Å². The van der Waals surface area contributed by atoms with Crippen LogP contribution in [0.5, 0.6) is 0 Å². The zero-order chi connectivity index (χ0) is 23.7. The van der Waals surface area contributed by atoms with Gasteiger partial charge in [0.1, 0.15) is 5.60 Å². The number of amides is 1. The van der Waals surface area contributed by atoms with Crippen LogP contribution < -0.4 is 5.32 Å². The van der Waals surface area contributed by atoms with Crippen molar-refractivity contribution in [3.63, 3.8) is 0 Å². The Kier molecular flexibility index (Phi) is 10.3. The summed E-state index contributed by atoms with van der Waals surface area (Å²) in [5, 5.41) is 3.23. The Morgan fingerprint density at radius 1 is 0.839 bits per heavy atom. The molecule has 180 valence electrons. The molecule has 0 radical (unpaired) electrons. The molecule has 1 N–H and O–H groups in total. The lowest BCUT2D eigenvalue weighted by Gasteiger charge is -2.37. The highest BCUT2D eigenvalue weighted by atomic mass is 16.6. The molecule has 0 aromatic carbocycles. The van der Waals surface area contributed by atoms with Gasteiger partial charge >= 0.3 is 18.0 Å². The minimum Gasteiger partial charge on any atom is -0.466 e. The fourth-order valence-corrected chi connectivity index (χ4v) is 3.51. The van der Waals surface area contributed by atoms with Gasteiger partial charge in [0.25, 0.3) is 0 Å². The van der Waals surface area contributed by atoms with Crippen molar-refractivity contribution < 1.29 is 28.6 Å². The van der Waals surface area contributed by atoms with E-state index in [9.17, 15) is 14.4 Å². The summed E-state index contributed by atoms with van der Waals surface area (Å²) in [6, 6.07) is 0. The van der Waals surface area contributed by atoms with Crippen molar-refractivity contribution in [2.75, 3.05) is 39.4 Å². The lowest BCUT2D eigenvalue weighted by molar-refractivity contribution is -0.157. The van der Waals surface area contributed by atoms with E-state index in [1.165, 1.54) is 0 Å². The van der Waals surface area contributed by atoms with Crippen LogP contribution in [-0.4, -0.2) is 67.9 Å². The standard InChI is InChI=1S/C14H25NO4.C9H17NO2/c1-6-18-11(16)14(5)7-9-15(10-8-14)12(17)19-13(2,3)4;1-3-12-8(11)9(2)4-6-10-7-5-9/h6-10H2,1-5H3;10H,3-7H2,1-2H3. The van der Waals surface area contributed by atoms with E-state index in [-0.39, 0.29) is 23.4 Å². The van der Waals surface area contributed by atoms with Crippen LogP contribution in [0.25, 0.3) is 0 Å². The van der Waals surface area contributed by atoms with Crippen LogP contribution in [0.1, 0.15) is 74.1 Å². The third kappa shape index (κ3) is 8.67. The number of carbonyl (C=O) groups excluding carboxylic acids is 3. The van der Waals surface area contributed by atoms with Crippen molar-refractivity contribution in [2.45, 2.75) is 79.8 Å². The van der Waals surface area contributed by atoms with Gasteiger partial charge in [0.05, 0.1) is 24.0 Å². The van der Waals surface area contributed by atoms with Gasteiger partial charge in [-0.1, -0.05) is 0 Å². The van der Waals surface area contributed by atoms with E-state index in [0.29, 0.717) is 39.1 Å². The van der Waals surface area contributed by atoms with Gasteiger partial charge in [0.15, 0.2) is 0 Å². The summed E-state index contributed by atoms with van der Waals surface area (Å²) in [4.78, 5) is 36.9. The minimum absolute atomic E-state index is 0.0356. The molecule has 0 spiro atoms. The zero-order valence-corrected chi connectivity index (χ0v) is 20.5. The van der Waals surface area contributed by atoms with E-state index in [1.54, 1.807) is 11.8 Å². The first-order valence-electron chi connectivity index (χ1n) is 11.4. The SMILES string of the molecule is CCOC(=O)C1(C)CCN(C(=O)OC(C)(C)C)CC1.CCOC(=O)C1(C)CCNCC1. The molecule has 2 aliphatic rings. The van der Waals surface area contributed by atoms with Crippen molar-refractivity contribution in [1.82, 2.24) is 10.2 Å². The summed E-state index contributed by atoms with van der Waals surface area (Å²) >= 11 is 0. The first-order valence-corrected chi connectivity index (χ1v) is 11.4. The fraction of sp³-hybridized carbons (Fsp3) is 0.870. The molecule has 2 aliphatic heterocycles. The highest BCUT2D eigenvalue weighted by Crippen LogP contribution is 2.33. The molecule has 0 aliphatic carbocycles. The molecule has 1 amide bonds. The predicted octanol–water partition coefficient (Wildman–Crippen LogP) is 3.53. The van der Waals surface area contributed by atoms with E-state index in [1.807, 2.05) is 41.5 Å². The first-order chi connectivity index (χ1) is 14.4. The third-order valence-corrected chi connectivity index (χ3v) is 5.76. The van der Waals surface area contributed by atoms with Gasteiger partial charge in [0.2, 0.25) is 0 Å². The number of hydrogen-bond donors (Lipinski definition) is 1. The van der Waals surface area contributed by atoms with Crippen molar-refractivity contribution >= 4 is 18.0 Å². The van der Waals surface area contributed by atoms with Crippen molar-refractivity contribution in [2.24, 2.45) is 10.8 Å². The number of rotatable bonds is 4. The largest absolute Gasteiger partial charge is 0.466 e. The summed E-state index contributed by atoms with van der Waals surface area (Å²) in [6.45, 7) is 16.9. The highest BCUT2D eigenvalue weighted by molar-refractivity contribution is 5.77. The molecule has 2 saturated heterocycles. The van der Waals surface area contributed by atoms with Gasteiger partial charge < -0.3 is 24.4 Å². The predicted molar refractivity (Wildman–Crippen MR) is 119 cm³/mol. The average Bonchev–Trinajstić information content (AvgIpc) is 2.68. The molecule has 0 saturated carbocycles. The summed E-state index contributed by atoms with van der Waals surface area (Å²) < 4.78 is 15.4. The Morgan fingerprint density at radius 2 is 1.26 bits per heavy atom. The van der Waals surface area contributed by atoms with E-state index < -0.39 is 11.0 Å². The maximum atomic E-state index is 11.9. The lowest BCUT2D eigenvalue weighted by atomic mass is 9.80. The van der Waals surface area contributed by atoms with E-state index in [0.717, 1.165) is 25.9 Å². The topological polar surface area (TPSA) is 94.2 Å².